The molecule has 0 saturated heterocycles. The van der Waals surface area contributed by atoms with Gasteiger partial charge in [0.05, 0.1) is 18.3 Å². The van der Waals surface area contributed by atoms with E-state index in [1.807, 2.05) is 13.8 Å². The maximum atomic E-state index is 5.70. The molecule has 0 radical (unpaired) electrons. The summed E-state index contributed by atoms with van der Waals surface area (Å²) < 4.78 is 1.77. The second-order valence-corrected chi connectivity index (χ2v) is 5.13. The molecule has 2 aromatic heterocycles. The number of nitrogens with two attached hydrogens (primary N) is 1. The number of aryl methyl sites for hydroxylation is 2. The highest BCUT2D eigenvalue weighted by atomic mass is 32.1. The van der Waals surface area contributed by atoms with Gasteiger partial charge >= 0.3 is 0 Å². The van der Waals surface area contributed by atoms with Crippen LogP contribution >= 0.6 is 11.3 Å². The molecule has 16 heavy (non-hydrogen) atoms. The highest BCUT2D eigenvalue weighted by molar-refractivity contribution is 7.11. The fraction of sp³-hybridized carbons (Fsp3) is 0.500. The van der Waals surface area contributed by atoms with Crippen molar-refractivity contribution in [3.05, 3.63) is 27.7 Å². The lowest BCUT2D eigenvalue weighted by atomic mass is 10.4. The topological polar surface area (TPSA) is 69.6 Å². The van der Waals surface area contributed by atoms with Crippen LogP contribution in [-0.4, -0.2) is 19.7 Å². The van der Waals surface area contributed by atoms with Gasteiger partial charge in [0.25, 0.3) is 0 Å². The van der Waals surface area contributed by atoms with Gasteiger partial charge in [-0.2, -0.15) is 5.10 Å². The number of hydrogen-bond acceptors (Lipinski definition) is 5. The molecule has 2 aromatic rings. The number of thiazole rings is 1. The van der Waals surface area contributed by atoms with Crippen molar-refractivity contribution in [2.24, 2.45) is 5.73 Å². The Hall–Kier alpha value is -1.27. The van der Waals surface area contributed by atoms with Crippen molar-refractivity contribution in [1.29, 1.82) is 0 Å². The van der Waals surface area contributed by atoms with Gasteiger partial charge in [0.2, 0.25) is 0 Å². The average molecular weight is 237 g/mol. The Balaban J connectivity index is 2.14. The van der Waals surface area contributed by atoms with E-state index < -0.39 is 0 Å². The van der Waals surface area contributed by atoms with Gasteiger partial charge in [0, 0.05) is 4.88 Å². The van der Waals surface area contributed by atoms with Crippen molar-refractivity contribution in [3.8, 4) is 0 Å². The van der Waals surface area contributed by atoms with E-state index in [1.54, 1.807) is 22.3 Å². The van der Waals surface area contributed by atoms with Gasteiger partial charge < -0.3 is 5.73 Å². The highest BCUT2D eigenvalue weighted by Gasteiger charge is 2.08. The molecule has 2 N–H and O–H groups in total. The smallest absolute Gasteiger partial charge is 0.166 e. The van der Waals surface area contributed by atoms with E-state index in [4.69, 9.17) is 5.73 Å². The zero-order valence-electron chi connectivity index (χ0n) is 9.64. The van der Waals surface area contributed by atoms with Crippen LogP contribution in [0.4, 0.5) is 0 Å². The third kappa shape index (κ3) is 2.28. The highest BCUT2D eigenvalue weighted by Crippen LogP contribution is 2.17. The molecule has 0 saturated carbocycles. The number of nitrogens with zero attached hydrogens (tertiary/aromatic N) is 4. The van der Waals surface area contributed by atoms with E-state index in [0.29, 0.717) is 12.4 Å². The van der Waals surface area contributed by atoms with Crippen LogP contribution < -0.4 is 5.73 Å². The summed E-state index contributed by atoms with van der Waals surface area (Å²) in [6.07, 6.45) is 1.70. The first-order valence-corrected chi connectivity index (χ1v) is 5.95. The van der Waals surface area contributed by atoms with Gasteiger partial charge in [-0.15, -0.1) is 11.3 Å². The van der Waals surface area contributed by atoms with E-state index >= 15 is 0 Å². The summed E-state index contributed by atoms with van der Waals surface area (Å²) in [5, 5.41) is 5.34. The molecule has 2 heterocycles. The van der Waals surface area contributed by atoms with E-state index in [1.165, 1.54) is 4.88 Å². The molecule has 0 amide bonds. The van der Waals surface area contributed by atoms with Crippen molar-refractivity contribution in [1.82, 2.24) is 19.7 Å². The van der Waals surface area contributed by atoms with Crippen LogP contribution in [0.2, 0.25) is 0 Å². The van der Waals surface area contributed by atoms with E-state index in [-0.39, 0.29) is 6.04 Å². The van der Waals surface area contributed by atoms with Crippen LogP contribution in [0.25, 0.3) is 0 Å². The predicted molar refractivity (Wildman–Crippen MR) is 63.3 cm³/mol. The molecule has 1 atom stereocenters. The van der Waals surface area contributed by atoms with Crippen LogP contribution in [0.3, 0.4) is 0 Å². The van der Waals surface area contributed by atoms with Gasteiger partial charge in [-0.1, -0.05) is 0 Å². The Bertz CT molecular complexity index is 466. The number of rotatable bonds is 3. The Morgan fingerprint density at radius 3 is 2.75 bits per heavy atom. The Kier molecular flexibility index (Phi) is 3.02. The first kappa shape index (κ1) is 11.2. The first-order valence-electron chi connectivity index (χ1n) is 5.14. The molecule has 0 bridgehead atoms. The van der Waals surface area contributed by atoms with Crippen LogP contribution in [0, 0.1) is 13.8 Å². The van der Waals surface area contributed by atoms with Gasteiger partial charge in [-0.3, -0.25) is 0 Å². The zero-order valence-corrected chi connectivity index (χ0v) is 10.5. The van der Waals surface area contributed by atoms with Crippen LogP contribution in [-0.2, 0) is 6.54 Å². The third-order valence-corrected chi connectivity index (χ3v) is 3.39. The standard InChI is InChI=1S/C10H15N5S/c1-6(11)10-12-5-15(14-10)4-9-13-7(2)8(3)16-9/h5-6H,4,11H2,1-3H3. The minimum Gasteiger partial charge on any atom is -0.321 e. The molecule has 2 rings (SSSR count). The average Bonchev–Trinajstić information content (AvgIpc) is 2.76. The maximum Gasteiger partial charge on any atom is 0.166 e. The predicted octanol–water partition coefficient (Wildman–Crippen LogP) is 1.42. The summed E-state index contributed by atoms with van der Waals surface area (Å²) in [6, 6.07) is -0.124. The van der Waals surface area contributed by atoms with Crippen molar-refractivity contribution < 1.29 is 0 Å². The maximum absolute atomic E-state index is 5.70. The molecule has 0 aliphatic rings. The van der Waals surface area contributed by atoms with Crippen molar-refractivity contribution in [2.45, 2.75) is 33.4 Å². The summed E-state index contributed by atoms with van der Waals surface area (Å²) in [5.74, 6) is 0.671. The molecule has 0 aliphatic heterocycles. The van der Waals surface area contributed by atoms with Gasteiger partial charge in [0.15, 0.2) is 5.82 Å². The molecule has 5 nitrogen and oxygen atoms in total. The Morgan fingerprint density at radius 1 is 1.50 bits per heavy atom. The summed E-state index contributed by atoms with van der Waals surface area (Å²) in [6.45, 7) is 6.63. The van der Waals surface area contributed by atoms with Crippen molar-refractivity contribution in [3.63, 3.8) is 0 Å². The fourth-order valence-corrected chi connectivity index (χ4v) is 2.27. The second-order valence-electron chi connectivity index (χ2n) is 3.84. The van der Waals surface area contributed by atoms with E-state index in [9.17, 15) is 0 Å². The lowest BCUT2D eigenvalue weighted by molar-refractivity contribution is 0.647. The molecular weight excluding hydrogens is 222 g/mol. The SMILES string of the molecule is Cc1nc(Cn2cnc(C(C)N)n2)sc1C. The minimum atomic E-state index is -0.124. The molecular formula is C10H15N5S. The Morgan fingerprint density at radius 2 is 2.25 bits per heavy atom. The number of hydrogen-bond donors (Lipinski definition) is 1. The largest absolute Gasteiger partial charge is 0.321 e. The summed E-state index contributed by atoms with van der Waals surface area (Å²) in [4.78, 5) is 9.86. The summed E-state index contributed by atoms with van der Waals surface area (Å²) in [7, 11) is 0. The molecule has 1 unspecified atom stereocenters. The molecule has 0 fully saturated rings. The van der Waals surface area contributed by atoms with Crippen LogP contribution in [0.15, 0.2) is 6.33 Å². The normalized spacial score (nSPS) is 13.0. The monoisotopic (exact) mass is 237 g/mol. The summed E-state index contributed by atoms with van der Waals surface area (Å²) in [5.41, 5.74) is 6.79. The molecule has 86 valence electrons. The Labute approximate surface area is 98.3 Å². The van der Waals surface area contributed by atoms with Gasteiger partial charge in [-0.05, 0) is 20.8 Å². The third-order valence-electron chi connectivity index (χ3n) is 2.33. The lowest BCUT2D eigenvalue weighted by Crippen LogP contribution is -2.08. The number of aromatic nitrogens is 4. The summed E-state index contributed by atoms with van der Waals surface area (Å²) >= 11 is 1.70. The first-order chi connectivity index (χ1) is 7.56. The van der Waals surface area contributed by atoms with Crippen molar-refractivity contribution >= 4 is 11.3 Å². The van der Waals surface area contributed by atoms with E-state index in [0.717, 1.165) is 10.7 Å². The molecule has 0 spiro atoms. The second kappa shape index (κ2) is 4.31. The van der Waals surface area contributed by atoms with Crippen LogP contribution in [0.1, 0.15) is 34.4 Å². The molecule has 6 heteroatoms. The molecule has 0 aliphatic carbocycles. The zero-order chi connectivity index (χ0) is 11.7. The quantitative estimate of drug-likeness (QED) is 0.876. The molecule has 0 aromatic carbocycles. The van der Waals surface area contributed by atoms with Crippen molar-refractivity contribution in [2.75, 3.05) is 0 Å². The van der Waals surface area contributed by atoms with Gasteiger partial charge in [-0.25, -0.2) is 14.6 Å². The van der Waals surface area contributed by atoms with Crippen LogP contribution in [0.5, 0.6) is 0 Å². The van der Waals surface area contributed by atoms with Gasteiger partial charge in [0.1, 0.15) is 11.3 Å². The van der Waals surface area contributed by atoms with E-state index in [2.05, 4.69) is 22.0 Å². The fourth-order valence-electron chi connectivity index (χ4n) is 1.34. The minimum absolute atomic E-state index is 0.124. The lowest BCUT2D eigenvalue weighted by Gasteiger charge is -1.97.